The van der Waals surface area contributed by atoms with Gasteiger partial charge in [0.15, 0.2) is 11.5 Å². The number of carbonyl (C=O) groups is 1. The van der Waals surface area contributed by atoms with E-state index < -0.39 is 0 Å². The summed E-state index contributed by atoms with van der Waals surface area (Å²) >= 11 is 1.58. The molecule has 8 nitrogen and oxygen atoms in total. The zero-order valence-electron chi connectivity index (χ0n) is 15.4. The van der Waals surface area contributed by atoms with Crippen LogP contribution in [0.2, 0.25) is 0 Å². The Morgan fingerprint density at radius 2 is 2.07 bits per heavy atom. The molecule has 2 N–H and O–H groups in total. The Labute approximate surface area is 164 Å². The molecule has 0 aliphatic rings. The van der Waals surface area contributed by atoms with Crippen molar-refractivity contribution in [3.63, 3.8) is 0 Å². The van der Waals surface area contributed by atoms with Crippen LogP contribution in [0.15, 0.2) is 30.6 Å². The number of rotatable bonds is 5. The molecule has 140 valence electrons. The summed E-state index contributed by atoms with van der Waals surface area (Å²) in [5.41, 5.74) is 4.47. The van der Waals surface area contributed by atoms with Crippen molar-refractivity contribution in [1.82, 2.24) is 24.8 Å². The molecule has 4 rings (SSSR count). The van der Waals surface area contributed by atoms with Crippen molar-refractivity contribution in [2.45, 2.75) is 13.0 Å². The third-order valence-corrected chi connectivity index (χ3v) is 5.47. The smallest absolute Gasteiger partial charge is 0.234 e. The maximum atomic E-state index is 11.4. The predicted octanol–water partition coefficient (Wildman–Crippen LogP) is 2.82. The van der Waals surface area contributed by atoms with Crippen LogP contribution in [0.1, 0.15) is 12.0 Å². The first kappa shape index (κ1) is 17.9. The van der Waals surface area contributed by atoms with Gasteiger partial charge < -0.3 is 15.2 Å². The molecule has 1 amide bonds. The number of imidazole rings is 1. The molecular formula is C19H17N7OS. The van der Waals surface area contributed by atoms with Gasteiger partial charge in [0.25, 0.3) is 0 Å². The monoisotopic (exact) mass is 391 g/mol. The number of benzene rings is 1. The molecule has 0 radical (unpaired) electrons. The molecule has 3 aromatic heterocycles. The molecule has 0 fully saturated rings. The molecule has 0 saturated carbocycles. The summed E-state index contributed by atoms with van der Waals surface area (Å²) in [5.74, 6) is 0.438. The normalized spacial score (nSPS) is 10.9. The first-order valence-corrected chi connectivity index (χ1v) is 9.44. The van der Waals surface area contributed by atoms with Crippen LogP contribution in [-0.4, -0.2) is 32.5 Å². The van der Waals surface area contributed by atoms with Crippen LogP contribution in [0.3, 0.4) is 0 Å². The largest absolute Gasteiger partial charge is 0.371 e. The maximum Gasteiger partial charge on any atom is 0.234 e. The van der Waals surface area contributed by atoms with E-state index in [1.165, 1.54) is 0 Å². The second kappa shape index (κ2) is 7.25. The molecule has 0 atom stereocenters. The Morgan fingerprint density at radius 3 is 2.79 bits per heavy atom. The van der Waals surface area contributed by atoms with Gasteiger partial charge in [0.2, 0.25) is 5.91 Å². The van der Waals surface area contributed by atoms with E-state index in [2.05, 4.69) is 20.6 Å². The molecule has 0 aliphatic carbocycles. The van der Waals surface area contributed by atoms with Crippen molar-refractivity contribution in [3.05, 3.63) is 36.2 Å². The van der Waals surface area contributed by atoms with Crippen molar-refractivity contribution in [1.29, 1.82) is 5.26 Å². The molecule has 0 saturated heterocycles. The summed E-state index contributed by atoms with van der Waals surface area (Å²) in [4.78, 5) is 25.2. The summed E-state index contributed by atoms with van der Waals surface area (Å²) in [6, 6.07) is 9.67. The van der Waals surface area contributed by atoms with E-state index in [9.17, 15) is 4.79 Å². The molecule has 3 heterocycles. The molecule has 0 unspecified atom stereocenters. The number of hydrogen-bond acceptors (Lipinski definition) is 7. The quantitative estimate of drug-likeness (QED) is 0.541. The fourth-order valence-electron chi connectivity index (χ4n) is 2.97. The number of anilines is 1. The average Bonchev–Trinajstić information content (AvgIpc) is 3.30. The minimum absolute atomic E-state index is 0.131. The van der Waals surface area contributed by atoms with Gasteiger partial charge in [0.1, 0.15) is 21.6 Å². The maximum absolute atomic E-state index is 11.4. The van der Waals surface area contributed by atoms with Crippen LogP contribution in [0.25, 0.3) is 32.0 Å². The minimum atomic E-state index is -0.274. The van der Waals surface area contributed by atoms with Gasteiger partial charge in [-0.3, -0.25) is 4.79 Å². The van der Waals surface area contributed by atoms with Crippen molar-refractivity contribution in [2.75, 3.05) is 12.4 Å². The van der Waals surface area contributed by atoms with Gasteiger partial charge in [-0.2, -0.15) is 5.26 Å². The standard InChI is InChI=1S/C19H17N7OS/c1-21-17-14-15(26(2)10-23-14)16-18(24-17)25-19(28-16)12-5-3-11(4-6-12)9-22-13(27)7-8-20/h3-6,10H,7,9H2,1-2H3,(H,21,24)(H,22,27). The van der Waals surface area contributed by atoms with Gasteiger partial charge in [-0.25, -0.2) is 15.0 Å². The minimum Gasteiger partial charge on any atom is -0.371 e. The number of nitrogens with zero attached hydrogens (tertiary/aromatic N) is 5. The Morgan fingerprint density at radius 1 is 1.29 bits per heavy atom. The zero-order chi connectivity index (χ0) is 19.7. The lowest BCUT2D eigenvalue weighted by Crippen LogP contribution is -2.21. The van der Waals surface area contributed by atoms with Crippen LogP contribution in [0, 0.1) is 11.3 Å². The highest BCUT2D eigenvalue weighted by Gasteiger charge is 2.16. The van der Waals surface area contributed by atoms with E-state index in [1.807, 2.05) is 49.0 Å². The van der Waals surface area contributed by atoms with Gasteiger partial charge >= 0.3 is 0 Å². The van der Waals surface area contributed by atoms with Crippen molar-refractivity contribution >= 4 is 44.4 Å². The lowest BCUT2D eigenvalue weighted by Gasteiger charge is -2.04. The number of carbonyl (C=O) groups excluding carboxylic acids is 1. The van der Waals surface area contributed by atoms with Gasteiger partial charge in [-0.1, -0.05) is 24.3 Å². The molecule has 0 spiro atoms. The number of nitriles is 1. The fourth-order valence-corrected chi connectivity index (χ4v) is 4.07. The van der Waals surface area contributed by atoms with E-state index in [4.69, 9.17) is 10.2 Å². The first-order chi connectivity index (χ1) is 13.6. The molecule has 9 heteroatoms. The number of aryl methyl sites for hydroxylation is 1. The third kappa shape index (κ3) is 3.14. The van der Waals surface area contributed by atoms with Gasteiger partial charge in [0.05, 0.1) is 17.9 Å². The van der Waals surface area contributed by atoms with Crippen LogP contribution in [-0.2, 0) is 18.4 Å². The highest BCUT2D eigenvalue weighted by molar-refractivity contribution is 7.22. The highest BCUT2D eigenvalue weighted by atomic mass is 32.1. The third-order valence-electron chi connectivity index (χ3n) is 4.37. The van der Waals surface area contributed by atoms with Crippen LogP contribution in [0.4, 0.5) is 5.82 Å². The highest BCUT2D eigenvalue weighted by Crippen LogP contribution is 2.35. The summed E-state index contributed by atoms with van der Waals surface area (Å²) < 4.78 is 2.98. The Hall–Kier alpha value is -3.51. The predicted molar refractivity (Wildman–Crippen MR) is 109 cm³/mol. The number of pyridine rings is 1. The Kier molecular flexibility index (Phi) is 4.63. The van der Waals surface area contributed by atoms with Crippen LogP contribution >= 0.6 is 11.3 Å². The van der Waals surface area contributed by atoms with E-state index in [0.717, 1.165) is 31.9 Å². The van der Waals surface area contributed by atoms with Gasteiger partial charge in [0, 0.05) is 26.2 Å². The number of aromatic nitrogens is 4. The SMILES string of the molecule is CNc1nc2nc(-c3ccc(CNC(=O)CC#N)cc3)sc2c2c1ncn2C. The summed E-state index contributed by atoms with van der Waals surface area (Å²) in [6.45, 7) is 0.392. The fraction of sp³-hybridized carbons (Fsp3) is 0.211. The van der Waals surface area contributed by atoms with Crippen molar-refractivity contribution in [2.24, 2.45) is 7.05 Å². The first-order valence-electron chi connectivity index (χ1n) is 8.63. The lowest BCUT2D eigenvalue weighted by atomic mass is 10.1. The molecule has 0 aliphatic heterocycles. The summed E-state index contributed by atoms with van der Waals surface area (Å²) in [6.07, 6.45) is 1.65. The van der Waals surface area contributed by atoms with Gasteiger partial charge in [-0.05, 0) is 5.56 Å². The summed E-state index contributed by atoms with van der Waals surface area (Å²) in [5, 5.41) is 15.2. The van der Waals surface area contributed by atoms with Gasteiger partial charge in [-0.15, -0.1) is 11.3 Å². The molecule has 0 bridgehead atoms. The zero-order valence-corrected chi connectivity index (χ0v) is 16.2. The second-order valence-corrected chi connectivity index (χ2v) is 7.24. The Bertz CT molecular complexity index is 1220. The molecular weight excluding hydrogens is 374 g/mol. The second-order valence-electron chi connectivity index (χ2n) is 6.24. The van der Waals surface area contributed by atoms with Crippen LogP contribution < -0.4 is 10.6 Å². The number of nitrogens with one attached hydrogen (secondary N) is 2. The number of fused-ring (bicyclic) bond motifs is 3. The van der Waals surface area contributed by atoms with Crippen molar-refractivity contribution < 1.29 is 4.79 Å². The summed E-state index contributed by atoms with van der Waals surface area (Å²) in [7, 11) is 3.78. The van der Waals surface area contributed by atoms with E-state index in [-0.39, 0.29) is 12.3 Å². The average molecular weight is 391 g/mol. The number of amides is 1. The van der Waals surface area contributed by atoms with E-state index in [0.29, 0.717) is 18.0 Å². The van der Waals surface area contributed by atoms with E-state index in [1.54, 1.807) is 17.7 Å². The molecule has 28 heavy (non-hydrogen) atoms. The molecule has 4 aromatic rings. The van der Waals surface area contributed by atoms with Crippen LogP contribution in [0.5, 0.6) is 0 Å². The molecule has 1 aromatic carbocycles. The number of hydrogen-bond donors (Lipinski definition) is 2. The topological polar surface area (TPSA) is 109 Å². The van der Waals surface area contributed by atoms with Crippen molar-refractivity contribution in [3.8, 4) is 16.6 Å². The van der Waals surface area contributed by atoms with E-state index >= 15 is 0 Å². The Balaban J connectivity index is 1.66. The lowest BCUT2D eigenvalue weighted by molar-refractivity contribution is -0.120. The number of thiazole rings is 1.